The molecule has 3 heterocycles. The third-order valence-electron chi connectivity index (χ3n) is 3.48. The fourth-order valence-electron chi connectivity index (χ4n) is 2.41. The second-order valence-electron chi connectivity index (χ2n) is 4.86. The number of imidazole rings is 1. The molecule has 4 atom stereocenters. The van der Waals surface area contributed by atoms with Gasteiger partial charge in [0.25, 0.3) is 5.56 Å². The summed E-state index contributed by atoms with van der Waals surface area (Å²) in [6.45, 7) is 1.50. The average molecular weight is 328 g/mol. The van der Waals surface area contributed by atoms with Gasteiger partial charge in [0.1, 0.15) is 18.3 Å². The van der Waals surface area contributed by atoms with E-state index in [9.17, 15) is 15.0 Å². The molecule has 0 saturated carbocycles. The first kappa shape index (κ1) is 15.4. The lowest BCUT2D eigenvalue weighted by Gasteiger charge is -2.16. The Balaban J connectivity index is 2.06. The highest BCUT2D eigenvalue weighted by molar-refractivity contribution is 7.99. The van der Waals surface area contributed by atoms with Crippen LogP contribution in [0.4, 0.5) is 0 Å². The minimum Gasteiger partial charge on any atom is -0.394 e. The first-order chi connectivity index (χ1) is 10.6. The van der Waals surface area contributed by atoms with Crippen LogP contribution in [0.25, 0.3) is 11.2 Å². The van der Waals surface area contributed by atoms with Gasteiger partial charge in [0.2, 0.25) is 0 Å². The molecule has 0 aliphatic carbocycles. The number of hydrogen-bond donors (Lipinski definition) is 4. The molecule has 1 saturated heterocycles. The van der Waals surface area contributed by atoms with Crippen molar-refractivity contribution >= 4 is 22.9 Å². The molecule has 0 amide bonds. The quantitative estimate of drug-likeness (QED) is 0.408. The summed E-state index contributed by atoms with van der Waals surface area (Å²) in [7, 11) is 0. The Hall–Kier alpha value is -1.46. The molecule has 4 N–H and O–H groups in total. The number of H-pyrrole nitrogens is 1. The molecule has 0 aromatic carbocycles. The minimum atomic E-state index is -1.25. The number of nitrogens with zero attached hydrogens (tertiary/aromatic N) is 3. The number of fused-ring (bicyclic) bond motifs is 1. The first-order valence-electron chi connectivity index (χ1n) is 6.79. The van der Waals surface area contributed by atoms with Gasteiger partial charge in [-0.25, -0.2) is 9.97 Å². The van der Waals surface area contributed by atoms with Crippen LogP contribution in [0.2, 0.25) is 0 Å². The molecule has 0 radical (unpaired) electrons. The number of ether oxygens (including phenoxy) is 1. The lowest BCUT2D eigenvalue weighted by Crippen LogP contribution is -2.33. The molecule has 1 fully saturated rings. The van der Waals surface area contributed by atoms with Crippen LogP contribution >= 0.6 is 11.8 Å². The summed E-state index contributed by atoms with van der Waals surface area (Å²) < 4.78 is 6.84. The van der Waals surface area contributed by atoms with Crippen LogP contribution in [0, 0.1) is 0 Å². The largest absolute Gasteiger partial charge is 0.394 e. The Kier molecular flexibility index (Phi) is 4.19. The normalized spacial score (nSPS) is 28.5. The number of rotatable bonds is 4. The highest BCUT2D eigenvalue weighted by Gasteiger charge is 2.44. The van der Waals surface area contributed by atoms with Gasteiger partial charge in [0, 0.05) is 0 Å². The van der Waals surface area contributed by atoms with E-state index in [1.807, 2.05) is 6.92 Å². The van der Waals surface area contributed by atoms with Gasteiger partial charge in [-0.05, 0) is 5.75 Å². The second kappa shape index (κ2) is 5.97. The molecule has 1 aliphatic heterocycles. The number of aliphatic hydroxyl groups excluding tert-OH is 3. The molecule has 0 spiro atoms. The topological polar surface area (TPSA) is 133 Å². The molecule has 22 heavy (non-hydrogen) atoms. The van der Waals surface area contributed by atoms with Crippen molar-refractivity contribution in [2.45, 2.75) is 36.6 Å². The van der Waals surface area contributed by atoms with Crippen LogP contribution in [0.1, 0.15) is 13.2 Å². The summed E-state index contributed by atoms with van der Waals surface area (Å²) in [5.74, 6) is 0.733. The lowest BCUT2D eigenvalue weighted by atomic mass is 10.1. The van der Waals surface area contributed by atoms with Crippen LogP contribution in [0.5, 0.6) is 0 Å². The van der Waals surface area contributed by atoms with Gasteiger partial charge >= 0.3 is 0 Å². The molecule has 2 aromatic heterocycles. The van der Waals surface area contributed by atoms with Gasteiger partial charge in [0.15, 0.2) is 22.5 Å². The third-order valence-corrected chi connectivity index (χ3v) is 4.24. The third kappa shape index (κ3) is 2.42. The zero-order chi connectivity index (χ0) is 15.9. The second-order valence-corrected chi connectivity index (χ2v) is 6.11. The fourth-order valence-corrected chi connectivity index (χ4v) is 3.00. The summed E-state index contributed by atoms with van der Waals surface area (Å²) in [5.41, 5.74) is -0.000764. The molecule has 1 aliphatic rings. The first-order valence-corrected chi connectivity index (χ1v) is 7.77. The van der Waals surface area contributed by atoms with E-state index in [1.54, 1.807) is 0 Å². The summed E-state index contributed by atoms with van der Waals surface area (Å²) in [4.78, 5) is 22.9. The smallest absolute Gasteiger partial charge is 0.279 e. The van der Waals surface area contributed by atoms with Gasteiger partial charge in [-0.15, -0.1) is 0 Å². The number of hydrogen-bond acceptors (Lipinski definition) is 8. The molecule has 120 valence electrons. The fraction of sp³-hybridized carbons (Fsp3) is 0.583. The standard InChI is InChI=1S/C12H16N4O5S/c1-2-22-12-14-9-6(10(20)15-12)13-4-16(9)11-8(19)7(18)5(3-17)21-11/h4-5,7-8,11,17-19H,2-3H2,1H3,(H,14,15,20)/t5-,7-,8-,11-/m1/s1. The molecular weight excluding hydrogens is 312 g/mol. The van der Waals surface area contributed by atoms with E-state index in [0.717, 1.165) is 5.75 Å². The van der Waals surface area contributed by atoms with Crippen molar-refractivity contribution < 1.29 is 20.1 Å². The maximum atomic E-state index is 12.0. The van der Waals surface area contributed by atoms with Crippen molar-refractivity contribution in [1.82, 2.24) is 19.5 Å². The number of nitrogens with one attached hydrogen (secondary N) is 1. The van der Waals surface area contributed by atoms with Crippen LogP contribution in [-0.2, 0) is 4.74 Å². The number of thioether (sulfide) groups is 1. The SMILES string of the molecule is CCSc1nc2c(ncn2[C@@H]2O[C@H](CO)[C@@H](O)[C@H]2O)c(=O)[nH]1. The highest BCUT2D eigenvalue weighted by Crippen LogP contribution is 2.31. The van der Waals surface area contributed by atoms with E-state index in [4.69, 9.17) is 9.84 Å². The maximum Gasteiger partial charge on any atom is 0.279 e. The Morgan fingerprint density at radius 1 is 1.45 bits per heavy atom. The van der Waals surface area contributed by atoms with Gasteiger partial charge in [-0.3, -0.25) is 14.3 Å². The molecule has 0 bridgehead atoms. The van der Waals surface area contributed by atoms with Crippen LogP contribution in [-0.4, -0.2) is 65.5 Å². The van der Waals surface area contributed by atoms with E-state index in [2.05, 4.69) is 15.0 Å². The number of aromatic amines is 1. The summed E-state index contributed by atoms with van der Waals surface area (Å²) in [6.07, 6.45) is -3.01. The number of aromatic nitrogens is 4. The van der Waals surface area contributed by atoms with Gasteiger partial charge in [-0.2, -0.15) is 0 Å². The highest BCUT2D eigenvalue weighted by atomic mass is 32.2. The Morgan fingerprint density at radius 3 is 2.86 bits per heavy atom. The van der Waals surface area contributed by atoms with Gasteiger partial charge < -0.3 is 20.1 Å². The monoisotopic (exact) mass is 328 g/mol. The van der Waals surface area contributed by atoms with Crippen molar-refractivity contribution in [1.29, 1.82) is 0 Å². The van der Waals surface area contributed by atoms with Crippen LogP contribution in [0.3, 0.4) is 0 Å². The number of aliphatic hydroxyl groups is 3. The van der Waals surface area contributed by atoms with Gasteiger partial charge in [0.05, 0.1) is 12.9 Å². The molecule has 9 nitrogen and oxygen atoms in total. The van der Waals surface area contributed by atoms with E-state index in [0.29, 0.717) is 5.16 Å². The molecular formula is C12H16N4O5S. The van der Waals surface area contributed by atoms with Crippen molar-refractivity contribution in [2.24, 2.45) is 0 Å². The molecule has 0 unspecified atom stereocenters. The van der Waals surface area contributed by atoms with Gasteiger partial charge in [-0.1, -0.05) is 18.7 Å². The van der Waals surface area contributed by atoms with Crippen LogP contribution in [0.15, 0.2) is 16.3 Å². The average Bonchev–Trinajstić information content (AvgIpc) is 3.03. The lowest BCUT2D eigenvalue weighted by molar-refractivity contribution is -0.0511. The minimum absolute atomic E-state index is 0.123. The Bertz CT molecular complexity index is 732. The van der Waals surface area contributed by atoms with Crippen LogP contribution < -0.4 is 5.56 Å². The molecule has 10 heteroatoms. The summed E-state index contributed by atoms with van der Waals surface area (Å²) in [5, 5.41) is 29.5. The van der Waals surface area contributed by atoms with E-state index < -0.39 is 31.1 Å². The molecule has 2 aromatic rings. The maximum absolute atomic E-state index is 12.0. The van der Waals surface area contributed by atoms with E-state index >= 15 is 0 Å². The Labute approximate surface area is 129 Å². The van der Waals surface area contributed by atoms with Crippen molar-refractivity contribution in [3.05, 3.63) is 16.7 Å². The summed E-state index contributed by atoms with van der Waals surface area (Å²) >= 11 is 1.36. The summed E-state index contributed by atoms with van der Waals surface area (Å²) in [6, 6.07) is 0. The zero-order valence-electron chi connectivity index (χ0n) is 11.7. The zero-order valence-corrected chi connectivity index (χ0v) is 12.5. The van der Waals surface area contributed by atoms with E-state index in [-0.39, 0.29) is 16.7 Å². The Morgan fingerprint density at radius 2 is 2.23 bits per heavy atom. The predicted octanol–water partition coefficient (Wildman–Crippen LogP) is -1.16. The van der Waals surface area contributed by atoms with Crippen molar-refractivity contribution in [3.8, 4) is 0 Å². The van der Waals surface area contributed by atoms with Crippen molar-refractivity contribution in [2.75, 3.05) is 12.4 Å². The predicted molar refractivity (Wildman–Crippen MR) is 77.6 cm³/mol. The van der Waals surface area contributed by atoms with Crippen molar-refractivity contribution in [3.63, 3.8) is 0 Å². The molecule has 3 rings (SSSR count). The van der Waals surface area contributed by atoms with E-state index in [1.165, 1.54) is 22.7 Å².